The van der Waals surface area contributed by atoms with Crippen LogP contribution in [0.4, 0.5) is 25.1 Å². The Labute approximate surface area is 703 Å². The number of alkyl halides is 1. The predicted molar refractivity (Wildman–Crippen MR) is 432 cm³/mol. The van der Waals surface area contributed by atoms with Gasteiger partial charge in [0, 0.05) is 75.3 Å². The molecule has 8 N–H and O–H groups in total. The van der Waals surface area contributed by atoms with Crippen molar-refractivity contribution < 1.29 is 127 Å². The van der Waals surface area contributed by atoms with Crippen molar-refractivity contribution in [3.8, 4) is 0 Å². The van der Waals surface area contributed by atoms with Crippen molar-refractivity contribution in [1.29, 1.82) is 0 Å². The largest absolute Gasteiger partial charge is 0.445 e. The van der Waals surface area contributed by atoms with E-state index in [4.69, 9.17) is 77.5 Å². The molecule has 4 aliphatic heterocycles. The lowest BCUT2D eigenvalue weighted by Gasteiger charge is -2.27. The number of nitrogens with one attached hydrogen (secondary N) is 6. The van der Waals surface area contributed by atoms with Gasteiger partial charge in [0.2, 0.25) is 23.6 Å². The second-order valence-electron chi connectivity index (χ2n) is 28.5. The zero-order valence-electron chi connectivity index (χ0n) is 67.0. The number of aliphatic hydroxyl groups is 1. The normalized spacial score (nSPS) is 22.5. The van der Waals surface area contributed by atoms with Crippen molar-refractivity contribution in [3.05, 3.63) is 119 Å². The maximum atomic E-state index is 17.0. The van der Waals surface area contributed by atoms with Crippen LogP contribution in [0.15, 0.2) is 90.7 Å². The van der Waals surface area contributed by atoms with Crippen molar-refractivity contribution in [2.75, 3.05) is 150 Å². The number of hydrogen-bond acceptors (Lipinski definition) is 30. The van der Waals surface area contributed by atoms with Gasteiger partial charge in [0.25, 0.3) is 23.3 Å². The van der Waals surface area contributed by atoms with E-state index in [1.165, 1.54) is 37.1 Å². The van der Waals surface area contributed by atoms with Gasteiger partial charge in [-0.2, -0.15) is 0 Å². The lowest BCUT2D eigenvalue weighted by Crippen LogP contribution is -2.57. The average molecular weight is 1780 g/mol. The summed E-state index contributed by atoms with van der Waals surface area (Å²) in [5.74, 6) is -6.89. The van der Waals surface area contributed by atoms with Gasteiger partial charge in [-0.15, -0.1) is 0 Å². The Morgan fingerprint density at radius 1 is 0.736 bits per heavy atom. The number of carbonyl (C=O) groups excluding carboxylic acids is 8. The van der Waals surface area contributed by atoms with Gasteiger partial charge in [-0.25, -0.2) is 38.1 Å². The molecule has 0 aliphatic carbocycles. The van der Waals surface area contributed by atoms with Gasteiger partial charge < -0.3 is 108 Å². The molecule has 8 heterocycles. The summed E-state index contributed by atoms with van der Waals surface area (Å²) in [6.07, 6.45) is -5.51. The van der Waals surface area contributed by atoms with Crippen LogP contribution in [0, 0.1) is 17.7 Å². The fourth-order valence-electron chi connectivity index (χ4n) is 13.1. The number of carbonyl (C=O) groups is 8. The molecule has 121 heavy (non-hydrogen) atoms. The van der Waals surface area contributed by atoms with E-state index in [0.717, 1.165) is 39.2 Å². The van der Waals surface area contributed by atoms with E-state index in [1.54, 1.807) is 63.4 Å². The number of halogens is 2. The molecule has 2 bridgehead atoms. The predicted octanol–water partition coefficient (Wildman–Crippen LogP) is 3.92. The summed E-state index contributed by atoms with van der Waals surface area (Å²) in [6.45, 7) is 0.0702. The number of benzene rings is 2. The number of anilines is 2. The van der Waals surface area contributed by atoms with Crippen molar-refractivity contribution in [2.24, 2.45) is 11.8 Å². The molecule has 2 aromatic carbocycles. The molecule has 0 spiro atoms. The summed E-state index contributed by atoms with van der Waals surface area (Å²) >= 11 is 9.65. The third-order valence-electron chi connectivity index (χ3n) is 19.4. The Balaban J connectivity index is 0.649. The molecule has 3 fully saturated rings. The Morgan fingerprint density at radius 2 is 1.36 bits per heavy atom. The summed E-state index contributed by atoms with van der Waals surface area (Å²) in [4.78, 5) is 152. The zero-order chi connectivity index (χ0) is 86.8. The minimum atomic E-state index is -4.61. The van der Waals surface area contributed by atoms with Crippen LogP contribution in [0.3, 0.4) is 0 Å². The summed E-state index contributed by atoms with van der Waals surface area (Å²) in [5, 5.41) is 24.7. The van der Waals surface area contributed by atoms with Crippen LogP contribution in [0.1, 0.15) is 80.4 Å². The number of ether oxygens (including phenoxy) is 11. The molecule has 8 amide bonds. The second kappa shape index (κ2) is 46.2. The van der Waals surface area contributed by atoms with Crippen LogP contribution in [0.25, 0.3) is 22.2 Å². The number of imide groups is 1. The molecule has 2 unspecified atom stereocenters. The van der Waals surface area contributed by atoms with Crippen LogP contribution in [0.2, 0.25) is 0 Å². The van der Waals surface area contributed by atoms with Gasteiger partial charge in [-0.3, -0.25) is 56.9 Å². The molecule has 10 rings (SSSR count). The molecule has 13 atom stereocenters. The number of H-pyrrole nitrogens is 1. The summed E-state index contributed by atoms with van der Waals surface area (Å²) in [7, 11) is 3.06. The van der Waals surface area contributed by atoms with Gasteiger partial charge in [-0.1, -0.05) is 56.4 Å². The second-order valence-corrected chi connectivity index (χ2v) is 35.0. The summed E-state index contributed by atoms with van der Waals surface area (Å²) < 4.78 is 127. The lowest BCUT2D eigenvalue weighted by atomic mass is 10.0. The lowest BCUT2D eigenvalue weighted by molar-refractivity contribution is -0.137. The van der Waals surface area contributed by atoms with Gasteiger partial charge in [-0.05, 0) is 73.2 Å². The molecule has 4 aliphatic rings. The van der Waals surface area contributed by atoms with Crippen LogP contribution >= 0.6 is 25.5 Å². The molecule has 0 saturated carbocycles. The molecule has 40 nitrogen and oxygen atoms in total. The van der Waals surface area contributed by atoms with Crippen molar-refractivity contribution >= 4 is 118 Å². The molecule has 6 aromatic rings. The van der Waals surface area contributed by atoms with Gasteiger partial charge in [0.1, 0.15) is 61.0 Å². The molecule has 46 heteroatoms. The van der Waals surface area contributed by atoms with Crippen LogP contribution in [-0.2, 0) is 124 Å². The van der Waals surface area contributed by atoms with E-state index in [-0.39, 0.29) is 80.6 Å². The van der Waals surface area contributed by atoms with E-state index < -0.39 is 170 Å². The van der Waals surface area contributed by atoms with Gasteiger partial charge in [0.15, 0.2) is 47.3 Å². The number of amides is 8. The highest BCUT2D eigenvalue weighted by Gasteiger charge is 2.53. The molecular formula is C75H100F2N14O26P2S2. The summed E-state index contributed by atoms with van der Waals surface area (Å²) in [6, 6.07) is 9.21. The number of methoxy groups -OCH3 is 1. The molecule has 662 valence electrons. The standard InChI is InChI=1S/C75H100F2N14O26P2S2/c1-45(2)61(86-70(98)53(12-8-9-20-89-57(93)17-18-58(89)94)85-56(92)19-21-105-24-25-107-28-29-109-32-33-111-35-34-110-31-30-108-27-26-106-23-22-104-5)72(100)83-46(3)68(96)84-49-15-13-47(14-16-49)38-112-75(101)88(4)36-48-10-6-7-11-50(48)69(97)87-65-62-67(80-42-78-65)91(44-82-62)74-60(77)64-55(116-74)40-113-118(102,120)41-51-63(95)54(39-114-119(103,121)117-64)115-73(51)90-37-52(76)59-66(90)79-43-81-71(59)99/h6-7,10-11,13-18,37,42-46,51,53-55,60-61,63-64,73-74,95H,8-9,12,19-36,38-41H2,1-5H3,(H,83,100)(H,84,96)(H,85,92)(H,86,98)(H,102,120)(H,103,121)(H,79,81,99)(H,78,80,87,97)/t46-,51+,53+,54+,55+,60+,61-,63-,64+,73+,74+,118?,119?/m0/s1. The Kier molecular flexibility index (Phi) is 36.2. The smallest absolute Gasteiger partial charge is 0.410 e. The van der Waals surface area contributed by atoms with E-state index in [2.05, 4.69) is 63.8 Å². The van der Waals surface area contributed by atoms with E-state index in [9.17, 15) is 57.7 Å². The first-order valence-electron chi connectivity index (χ1n) is 38.9. The first kappa shape index (κ1) is 94.6. The van der Waals surface area contributed by atoms with E-state index >= 15 is 8.78 Å². The third kappa shape index (κ3) is 27.2. The first-order chi connectivity index (χ1) is 58.1. The Morgan fingerprint density at radius 3 is 2.00 bits per heavy atom. The highest BCUT2D eigenvalue weighted by atomic mass is 32.7. The fraction of sp³-hybridized carbons (Fsp3) is 0.560. The number of rotatable bonds is 45. The number of aromatic nitrogens is 7. The minimum absolute atomic E-state index is 0.00109. The Bertz CT molecular complexity index is 4690. The first-order valence-corrected chi connectivity index (χ1v) is 44.5. The quantitative estimate of drug-likeness (QED) is 0.0113. The number of thiol groups is 1. The highest BCUT2D eigenvalue weighted by molar-refractivity contribution is 8.44. The maximum Gasteiger partial charge on any atom is 0.410 e. The third-order valence-corrected chi connectivity index (χ3v) is 23.2. The number of aliphatic hydroxyl groups excluding tert-OH is 1. The van der Waals surface area contributed by atoms with E-state index in [1.807, 2.05) is 0 Å². The van der Waals surface area contributed by atoms with E-state index in [0.29, 0.717) is 109 Å². The minimum Gasteiger partial charge on any atom is -0.445 e. The molecular weight excluding hydrogens is 1680 g/mol. The SMILES string of the molecule is COCCOCCOCCOCCOCCOCCOCCOCCC(=O)N[C@H](CCCCN1C(=O)C=CC1=O)C(=O)N[C@H](C(=O)N[C@@H](C)C(=O)Nc1ccc(COC(=O)N(C)Cc2ccccc2C(=O)Nc2ncnc3c2ncn3[C@@H]2O[C@@H]3COP(O)(=S)C[C@@H]4[C@H](O)[C@@H](COP(=O)(S)O[C@H]3[C@H]2F)O[C@H]4n2cc(F)c3c(=O)[nH]cnc32)cc1)C(C)C. The molecule has 3 saturated heterocycles. The molecule has 0 radical (unpaired) electrons. The number of imidazole rings is 1. The van der Waals surface area contributed by atoms with Crippen LogP contribution < -0.4 is 32.1 Å². The highest BCUT2D eigenvalue weighted by Crippen LogP contribution is 2.59. The van der Waals surface area contributed by atoms with Gasteiger partial charge >= 0.3 is 12.9 Å². The average Bonchev–Trinajstić information content (AvgIpc) is 1.60. The van der Waals surface area contributed by atoms with Crippen LogP contribution in [-0.4, -0.2) is 289 Å². The number of aromatic amines is 1. The fourth-order valence-corrected chi connectivity index (χ4v) is 16.7. The zero-order valence-corrected chi connectivity index (χ0v) is 70.5. The topological polar surface area (TPSA) is 484 Å². The number of unbranched alkanes of at least 4 members (excludes halogenated alkanes) is 1. The summed E-state index contributed by atoms with van der Waals surface area (Å²) in [5.41, 5.74) is 0.276. The maximum absolute atomic E-state index is 17.0. The Hall–Kier alpha value is -8.60. The van der Waals surface area contributed by atoms with Crippen molar-refractivity contribution in [3.63, 3.8) is 0 Å². The number of fused-ring (bicyclic) bond motifs is 5. The molecule has 4 aromatic heterocycles. The van der Waals surface area contributed by atoms with Crippen LogP contribution in [0.5, 0.6) is 0 Å². The van der Waals surface area contributed by atoms with Crippen molar-refractivity contribution in [2.45, 2.75) is 121 Å². The van der Waals surface area contributed by atoms with Crippen molar-refractivity contribution in [1.82, 2.24) is 59.8 Å². The van der Waals surface area contributed by atoms with Gasteiger partial charge in [0.05, 0.1) is 131 Å². The number of nitrogens with zero attached hydrogens (tertiary/aromatic N) is 8. The number of hydrogen-bond donors (Lipinski definition) is 9. The monoisotopic (exact) mass is 1780 g/mol.